The van der Waals surface area contributed by atoms with Crippen LogP contribution in [0.4, 0.5) is 0 Å². The van der Waals surface area contributed by atoms with E-state index in [-0.39, 0.29) is 18.5 Å². The predicted molar refractivity (Wildman–Crippen MR) is 41.4 cm³/mol. The van der Waals surface area contributed by atoms with Gasteiger partial charge in [0.1, 0.15) is 6.04 Å². The molecule has 1 saturated heterocycles. The lowest BCUT2D eigenvalue weighted by atomic mass is 10.2. The van der Waals surface area contributed by atoms with E-state index in [0.717, 1.165) is 0 Å². The lowest BCUT2D eigenvalue weighted by molar-refractivity contribution is -0.157. The highest BCUT2D eigenvalue weighted by Gasteiger charge is 2.26. The molecule has 1 unspecified atom stereocenters. The first-order chi connectivity index (χ1) is 5.24. The molecule has 0 bridgehead atoms. The van der Waals surface area contributed by atoms with Crippen LogP contribution >= 0.6 is 12.6 Å². The molecule has 1 atom stereocenters. The van der Waals surface area contributed by atoms with Crippen LogP contribution in [-0.4, -0.2) is 30.3 Å². The van der Waals surface area contributed by atoms with Crippen molar-refractivity contribution in [1.82, 2.24) is 5.32 Å². The molecule has 0 spiro atoms. The van der Waals surface area contributed by atoms with Crippen molar-refractivity contribution >= 4 is 24.5 Å². The highest BCUT2D eigenvalue weighted by atomic mass is 32.1. The zero-order valence-electron chi connectivity index (χ0n) is 5.87. The molecular weight excluding hydrogens is 166 g/mol. The summed E-state index contributed by atoms with van der Waals surface area (Å²) < 4.78 is 4.57. The number of carbonyl (C=O) groups is 2. The Morgan fingerprint density at radius 3 is 3.00 bits per heavy atom. The van der Waals surface area contributed by atoms with E-state index in [4.69, 9.17) is 0 Å². The number of hydrogen-bond acceptors (Lipinski definition) is 4. The minimum absolute atomic E-state index is 0.151. The minimum atomic E-state index is -0.492. The highest BCUT2D eigenvalue weighted by Crippen LogP contribution is 2.01. The van der Waals surface area contributed by atoms with Crippen LogP contribution in [0.5, 0.6) is 0 Å². The molecule has 1 amide bonds. The highest BCUT2D eigenvalue weighted by molar-refractivity contribution is 7.80. The number of esters is 1. The number of hydrogen-bond donors (Lipinski definition) is 2. The van der Waals surface area contributed by atoms with Crippen LogP contribution < -0.4 is 5.32 Å². The fourth-order valence-electron chi connectivity index (χ4n) is 0.851. The van der Waals surface area contributed by atoms with E-state index in [1.54, 1.807) is 0 Å². The molecule has 0 aliphatic carbocycles. The first-order valence-corrected chi connectivity index (χ1v) is 3.94. The van der Waals surface area contributed by atoms with E-state index in [1.165, 1.54) is 0 Å². The Kier molecular flexibility index (Phi) is 2.76. The van der Waals surface area contributed by atoms with E-state index in [9.17, 15) is 9.59 Å². The molecule has 0 aromatic rings. The lowest BCUT2D eigenvalue weighted by Crippen LogP contribution is -2.49. The number of rotatable bonds is 2. The van der Waals surface area contributed by atoms with Crippen LogP contribution in [0.2, 0.25) is 0 Å². The van der Waals surface area contributed by atoms with Gasteiger partial charge in [-0.25, -0.2) is 4.79 Å². The number of morpholine rings is 1. The van der Waals surface area contributed by atoms with Crippen molar-refractivity contribution in [2.75, 3.05) is 12.4 Å². The van der Waals surface area contributed by atoms with E-state index < -0.39 is 6.04 Å². The summed E-state index contributed by atoms with van der Waals surface area (Å²) in [5.41, 5.74) is 0. The van der Waals surface area contributed by atoms with Crippen LogP contribution in [0.15, 0.2) is 0 Å². The smallest absolute Gasteiger partial charge is 0.329 e. The molecule has 1 fully saturated rings. The number of carbonyl (C=O) groups excluding carboxylic acids is 2. The van der Waals surface area contributed by atoms with Gasteiger partial charge in [0.15, 0.2) is 6.61 Å². The third-order valence-electron chi connectivity index (χ3n) is 1.38. The van der Waals surface area contributed by atoms with Gasteiger partial charge < -0.3 is 10.1 Å². The van der Waals surface area contributed by atoms with Gasteiger partial charge in [-0.15, -0.1) is 0 Å². The monoisotopic (exact) mass is 175 g/mol. The maximum atomic E-state index is 10.9. The first kappa shape index (κ1) is 8.39. The van der Waals surface area contributed by atoms with Gasteiger partial charge in [-0.1, -0.05) is 0 Å². The lowest BCUT2D eigenvalue weighted by Gasteiger charge is -2.21. The molecule has 1 rings (SSSR count). The van der Waals surface area contributed by atoms with Gasteiger partial charge in [-0.3, -0.25) is 4.79 Å². The standard InChI is InChI=1S/C6H9NO3S/c8-5-3-10-6(9)4(7-5)1-2-11/h4,11H,1-3H2,(H,7,8). The van der Waals surface area contributed by atoms with Gasteiger partial charge in [-0.05, 0) is 12.2 Å². The van der Waals surface area contributed by atoms with Crippen molar-refractivity contribution in [2.45, 2.75) is 12.5 Å². The van der Waals surface area contributed by atoms with Gasteiger partial charge >= 0.3 is 5.97 Å². The largest absolute Gasteiger partial charge is 0.454 e. The average molecular weight is 175 g/mol. The fourth-order valence-corrected chi connectivity index (χ4v) is 1.11. The summed E-state index contributed by atoms with van der Waals surface area (Å²) >= 11 is 3.94. The van der Waals surface area contributed by atoms with Crippen LogP contribution in [0.1, 0.15) is 6.42 Å². The number of thiol groups is 1. The van der Waals surface area contributed by atoms with Gasteiger partial charge in [-0.2, -0.15) is 12.6 Å². The Bertz CT molecular complexity index is 183. The summed E-state index contributed by atoms with van der Waals surface area (Å²) in [4.78, 5) is 21.5. The van der Waals surface area contributed by atoms with E-state index in [0.29, 0.717) is 12.2 Å². The number of ether oxygens (including phenoxy) is 1. The molecule has 5 heteroatoms. The maximum absolute atomic E-state index is 10.9. The van der Waals surface area contributed by atoms with Crippen molar-refractivity contribution in [2.24, 2.45) is 0 Å². The second-order valence-electron chi connectivity index (χ2n) is 2.24. The SMILES string of the molecule is O=C1COC(=O)C(CCS)N1. The number of cyclic esters (lactones) is 1. The Balaban J connectivity index is 2.47. The number of amides is 1. The van der Waals surface area contributed by atoms with Crippen LogP contribution in [0.3, 0.4) is 0 Å². The topological polar surface area (TPSA) is 55.4 Å². The average Bonchev–Trinajstić information content (AvgIpc) is 1.98. The third kappa shape index (κ3) is 2.11. The molecule has 1 heterocycles. The molecule has 0 saturated carbocycles. The van der Waals surface area contributed by atoms with Crippen molar-refractivity contribution in [1.29, 1.82) is 0 Å². The Morgan fingerprint density at radius 1 is 1.64 bits per heavy atom. The van der Waals surface area contributed by atoms with Gasteiger partial charge in [0, 0.05) is 0 Å². The molecule has 0 radical (unpaired) electrons. The number of nitrogens with one attached hydrogen (secondary N) is 1. The van der Waals surface area contributed by atoms with Crippen molar-refractivity contribution in [3.63, 3.8) is 0 Å². The molecule has 11 heavy (non-hydrogen) atoms. The molecule has 62 valence electrons. The molecule has 1 N–H and O–H groups in total. The van der Waals surface area contributed by atoms with Crippen molar-refractivity contribution in [3.8, 4) is 0 Å². The summed E-state index contributed by atoms with van der Waals surface area (Å²) in [6.07, 6.45) is 0.522. The normalized spacial score (nSPS) is 24.3. The quantitative estimate of drug-likeness (QED) is 0.433. The summed E-state index contributed by atoms with van der Waals surface area (Å²) in [5, 5.41) is 2.50. The van der Waals surface area contributed by atoms with Crippen LogP contribution in [0.25, 0.3) is 0 Å². The molecule has 1 aliphatic heterocycles. The van der Waals surface area contributed by atoms with E-state index >= 15 is 0 Å². The Labute approximate surface area is 69.7 Å². The van der Waals surface area contributed by atoms with Gasteiger partial charge in [0.2, 0.25) is 0 Å². The maximum Gasteiger partial charge on any atom is 0.329 e. The molecule has 1 aliphatic rings. The van der Waals surface area contributed by atoms with Gasteiger partial charge in [0.25, 0.3) is 5.91 Å². The van der Waals surface area contributed by atoms with Crippen molar-refractivity contribution < 1.29 is 14.3 Å². The first-order valence-electron chi connectivity index (χ1n) is 3.31. The summed E-state index contributed by atoms with van der Waals surface area (Å²) in [5.74, 6) is -0.0462. The minimum Gasteiger partial charge on any atom is -0.454 e. The van der Waals surface area contributed by atoms with Crippen LogP contribution in [-0.2, 0) is 14.3 Å². The summed E-state index contributed by atoms with van der Waals surface area (Å²) in [6.45, 7) is -0.151. The molecular formula is C6H9NO3S. The zero-order chi connectivity index (χ0) is 8.27. The van der Waals surface area contributed by atoms with E-state index in [1.807, 2.05) is 0 Å². The molecule has 0 aromatic heterocycles. The second-order valence-corrected chi connectivity index (χ2v) is 2.69. The summed E-state index contributed by atoms with van der Waals surface area (Å²) in [6, 6.07) is -0.492. The Morgan fingerprint density at radius 2 is 2.36 bits per heavy atom. The Hall–Kier alpha value is -0.710. The van der Waals surface area contributed by atoms with Gasteiger partial charge in [0.05, 0.1) is 0 Å². The third-order valence-corrected chi connectivity index (χ3v) is 1.64. The second kappa shape index (κ2) is 3.61. The van der Waals surface area contributed by atoms with Crippen LogP contribution in [0, 0.1) is 0 Å². The molecule has 4 nitrogen and oxygen atoms in total. The predicted octanol–water partition coefficient (Wildman–Crippen LogP) is -0.652. The zero-order valence-corrected chi connectivity index (χ0v) is 6.77. The van der Waals surface area contributed by atoms with E-state index in [2.05, 4.69) is 22.7 Å². The summed E-state index contributed by atoms with van der Waals surface area (Å²) in [7, 11) is 0. The molecule has 0 aromatic carbocycles. The van der Waals surface area contributed by atoms with Crippen molar-refractivity contribution in [3.05, 3.63) is 0 Å². The fraction of sp³-hybridized carbons (Fsp3) is 0.667.